The topological polar surface area (TPSA) is 52.6 Å². The van der Waals surface area contributed by atoms with Crippen molar-refractivity contribution < 1.29 is 17.9 Å². The minimum Gasteiger partial charge on any atom is -0.378 e. The van der Waals surface area contributed by atoms with Gasteiger partial charge in [-0.2, -0.15) is 0 Å². The van der Waals surface area contributed by atoms with E-state index >= 15 is 0 Å². The molecule has 0 N–H and O–H groups in total. The summed E-state index contributed by atoms with van der Waals surface area (Å²) in [5.41, 5.74) is 0. The van der Waals surface area contributed by atoms with Crippen molar-refractivity contribution in [2.75, 3.05) is 25.7 Å². The van der Waals surface area contributed by atoms with Gasteiger partial charge in [0.25, 0.3) is 0 Å². The number of sulfone groups is 1. The second kappa shape index (κ2) is 3.08. The normalized spacial score (nSPS) is 35.8. The summed E-state index contributed by atoms with van der Waals surface area (Å²) in [7, 11) is 0.0762. The van der Waals surface area contributed by atoms with Gasteiger partial charge in [-0.05, 0) is 0 Å². The van der Waals surface area contributed by atoms with Gasteiger partial charge in [0.1, 0.15) is 0 Å². The first-order valence-corrected chi connectivity index (χ1v) is 5.17. The molecule has 1 heterocycles. The Labute approximate surface area is 66.4 Å². The van der Waals surface area contributed by atoms with Gasteiger partial charge in [0.2, 0.25) is 0 Å². The van der Waals surface area contributed by atoms with E-state index in [9.17, 15) is 8.42 Å². The molecule has 1 saturated heterocycles. The van der Waals surface area contributed by atoms with Crippen molar-refractivity contribution >= 4 is 9.84 Å². The second-order valence-corrected chi connectivity index (χ2v) is 4.78. The van der Waals surface area contributed by atoms with E-state index in [-0.39, 0.29) is 23.7 Å². The molecule has 1 aliphatic rings. The Balaban J connectivity index is 2.70. The van der Waals surface area contributed by atoms with Gasteiger partial charge in [0.15, 0.2) is 9.84 Å². The van der Waals surface area contributed by atoms with Crippen molar-refractivity contribution in [1.29, 1.82) is 0 Å². The summed E-state index contributed by atoms with van der Waals surface area (Å²) < 4.78 is 31.9. The Hall–Kier alpha value is -0.130. The first-order chi connectivity index (χ1) is 5.09. The average Bonchev–Trinajstić information content (AvgIpc) is 2.25. The molecule has 0 aliphatic carbocycles. The standard InChI is InChI=1S/C6H12O4S/c1-9-5-3-11(7,8)4-6(5)10-2/h5-6H,3-4H2,1-2H3/t5-,6-/m0/s1. The first-order valence-electron chi connectivity index (χ1n) is 3.35. The van der Waals surface area contributed by atoms with Gasteiger partial charge < -0.3 is 9.47 Å². The molecule has 5 heteroatoms. The van der Waals surface area contributed by atoms with Crippen LogP contribution in [0.15, 0.2) is 0 Å². The minimum absolute atomic E-state index is 0.0853. The molecule has 0 spiro atoms. The Morgan fingerprint density at radius 3 is 1.73 bits per heavy atom. The van der Waals surface area contributed by atoms with Crippen molar-refractivity contribution in [2.45, 2.75) is 12.2 Å². The summed E-state index contributed by atoms with van der Waals surface area (Å²) in [4.78, 5) is 0. The fourth-order valence-corrected chi connectivity index (χ4v) is 3.06. The maximum Gasteiger partial charge on any atom is 0.155 e. The fraction of sp³-hybridized carbons (Fsp3) is 1.00. The molecule has 1 aliphatic heterocycles. The molecule has 0 aromatic heterocycles. The van der Waals surface area contributed by atoms with Crippen molar-refractivity contribution in [2.24, 2.45) is 0 Å². The summed E-state index contributed by atoms with van der Waals surface area (Å²) >= 11 is 0. The number of rotatable bonds is 2. The highest BCUT2D eigenvalue weighted by molar-refractivity contribution is 7.91. The third-order valence-corrected chi connectivity index (χ3v) is 3.53. The Morgan fingerprint density at radius 1 is 1.09 bits per heavy atom. The highest BCUT2D eigenvalue weighted by Gasteiger charge is 2.37. The molecule has 1 rings (SSSR count). The van der Waals surface area contributed by atoms with Crippen LogP contribution in [-0.4, -0.2) is 46.4 Å². The molecule has 1 fully saturated rings. The van der Waals surface area contributed by atoms with Crippen LogP contribution in [0, 0.1) is 0 Å². The van der Waals surface area contributed by atoms with Crippen molar-refractivity contribution in [3.8, 4) is 0 Å². The van der Waals surface area contributed by atoms with Crippen LogP contribution in [0.2, 0.25) is 0 Å². The molecule has 0 aromatic carbocycles. The molecule has 4 nitrogen and oxygen atoms in total. The van der Waals surface area contributed by atoms with E-state index in [1.54, 1.807) is 0 Å². The first kappa shape index (κ1) is 8.96. The molecule has 0 aromatic rings. The molecule has 66 valence electrons. The lowest BCUT2D eigenvalue weighted by Gasteiger charge is -2.13. The van der Waals surface area contributed by atoms with Gasteiger partial charge in [-0.15, -0.1) is 0 Å². The molecule has 0 unspecified atom stereocenters. The monoisotopic (exact) mass is 180 g/mol. The minimum atomic E-state index is -2.92. The van der Waals surface area contributed by atoms with Crippen LogP contribution < -0.4 is 0 Å². The molecule has 0 amide bonds. The molecule has 0 saturated carbocycles. The quantitative estimate of drug-likeness (QED) is 0.572. The van der Waals surface area contributed by atoms with Crippen LogP contribution in [0.25, 0.3) is 0 Å². The highest BCUT2D eigenvalue weighted by atomic mass is 32.2. The van der Waals surface area contributed by atoms with E-state index in [4.69, 9.17) is 9.47 Å². The van der Waals surface area contributed by atoms with Gasteiger partial charge in [0, 0.05) is 14.2 Å². The second-order valence-electron chi connectivity index (χ2n) is 2.63. The maximum absolute atomic E-state index is 11.0. The number of hydrogen-bond acceptors (Lipinski definition) is 4. The summed E-state index contributed by atoms with van der Waals surface area (Å²) in [6.45, 7) is 0. The smallest absolute Gasteiger partial charge is 0.155 e. The van der Waals surface area contributed by atoms with E-state index < -0.39 is 9.84 Å². The Morgan fingerprint density at radius 2 is 1.45 bits per heavy atom. The lowest BCUT2D eigenvalue weighted by Crippen LogP contribution is -2.27. The van der Waals surface area contributed by atoms with E-state index in [0.717, 1.165) is 0 Å². The highest BCUT2D eigenvalue weighted by Crippen LogP contribution is 2.17. The summed E-state index contributed by atoms with van der Waals surface area (Å²) in [5.74, 6) is 0.171. The van der Waals surface area contributed by atoms with Crippen molar-refractivity contribution in [3.05, 3.63) is 0 Å². The van der Waals surface area contributed by atoms with Crippen LogP contribution in [0.1, 0.15) is 0 Å². The fourth-order valence-electron chi connectivity index (χ4n) is 1.22. The van der Waals surface area contributed by atoms with Crippen molar-refractivity contribution in [1.82, 2.24) is 0 Å². The number of ether oxygens (including phenoxy) is 2. The summed E-state index contributed by atoms with van der Waals surface area (Å²) in [6.07, 6.45) is -0.574. The third kappa shape index (κ3) is 1.91. The van der Waals surface area contributed by atoms with E-state index in [0.29, 0.717) is 0 Å². The summed E-state index contributed by atoms with van der Waals surface area (Å²) in [5, 5.41) is 0. The van der Waals surface area contributed by atoms with Crippen LogP contribution in [0.5, 0.6) is 0 Å². The van der Waals surface area contributed by atoms with E-state index in [1.165, 1.54) is 14.2 Å². The Bertz CT molecular complexity index is 203. The van der Waals surface area contributed by atoms with Crippen LogP contribution >= 0.6 is 0 Å². The molecule has 0 bridgehead atoms. The molecular weight excluding hydrogens is 168 g/mol. The predicted molar refractivity (Wildman–Crippen MR) is 40.2 cm³/mol. The Kier molecular flexibility index (Phi) is 2.51. The zero-order valence-electron chi connectivity index (χ0n) is 6.61. The maximum atomic E-state index is 11.0. The van der Waals surface area contributed by atoms with Crippen LogP contribution in [0.4, 0.5) is 0 Å². The summed E-state index contributed by atoms with van der Waals surface area (Å²) in [6, 6.07) is 0. The molecular formula is C6H12O4S. The van der Waals surface area contributed by atoms with Crippen molar-refractivity contribution in [3.63, 3.8) is 0 Å². The molecule has 11 heavy (non-hydrogen) atoms. The van der Waals surface area contributed by atoms with E-state index in [1.807, 2.05) is 0 Å². The number of hydrogen-bond donors (Lipinski definition) is 0. The zero-order valence-corrected chi connectivity index (χ0v) is 7.43. The zero-order chi connectivity index (χ0) is 8.48. The third-order valence-electron chi connectivity index (χ3n) is 1.86. The van der Waals surface area contributed by atoms with Gasteiger partial charge in [-0.1, -0.05) is 0 Å². The van der Waals surface area contributed by atoms with Gasteiger partial charge in [-0.25, -0.2) is 8.42 Å². The van der Waals surface area contributed by atoms with E-state index in [2.05, 4.69) is 0 Å². The van der Waals surface area contributed by atoms with Gasteiger partial charge in [-0.3, -0.25) is 0 Å². The van der Waals surface area contributed by atoms with Gasteiger partial charge >= 0.3 is 0 Å². The average molecular weight is 180 g/mol. The lowest BCUT2D eigenvalue weighted by molar-refractivity contribution is -0.00461. The predicted octanol–water partition coefficient (Wildman–Crippen LogP) is -0.555. The van der Waals surface area contributed by atoms with Gasteiger partial charge in [0.05, 0.1) is 23.7 Å². The van der Waals surface area contributed by atoms with Crippen LogP contribution in [-0.2, 0) is 19.3 Å². The SMILES string of the molecule is CO[C@H]1CS(=O)(=O)C[C@@H]1OC. The molecule has 0 radical (unpaired) electrons. The van der Waals surface area contributed by atoms with Crippen LogP contribution in [0.3, 0.4) is 0 Å². The number of methoxy groups -OCH3 is 2. The largest absolute Gasteiger partial charge is 0.378 e. The molecule has 2 atom stereocenters. The lowest BCUT2D eigenvalue weighted by atomic mass is 10.3.